The summed E-state index contributed by atoms with van der Waals surface area (Å²) in [5.74, 6) is 0.143. The Morgan fingerprint density at radius 3 is 2.55 bits per heavy atom. The molecule has 3 rings (SSSR count). The van der Waals surface area contributed by atoms with E-state index in [4.69, 9.17) is 16.3 Å². The van der Waals surface area contributed by atoms with Gasteiger partial charge in [0.1, 0.15) is 5.75 Å². The summed E-state index contributed by atoms with van der Waals surface area (Å²) in [5.41, 5.74) is 2.55. The van der Waals surface area contributed by atoms with Crippen molar-refractivity contribution in [3.8, 4) is 11.4 Å². The second kappa shape index (κ2) is 8.79. The minimum Gasteiger partial charge on any atom is -0.484 e. The molecule has 150 valence electrons. The summed E-state index contributed by atoms with van der Waals surface area (Å²) in [6.07, 6.45) is 1.52. The van der Waals surface area contributed by atoms with E-state index in [0.717, 1.165) is 5.69 Å². The molecule has 0 unspecified atom stereocenters. The van der Waals surface area contributed by atoms with Crippen LogP contribution in [0.1, 0.15) is 16.1 Å². The van der Waals surface area contributed by atoms with E-state index in [-0.39, 0.29) is 18.4 Å². The van der Waals surface area contributed by atoms with Crippen molar-refractivity contribution in [1.29, 1.82) is 0 Å². The SMILES string of the molecule is Cc1c(C(=O)Nc2ccc(OCC(=O)N(C)C)cc2)cnn1-c1cccc(Cl)c1. The Morgan fingerprint density at radius 1 is 1.17 bits per heavy atom. The zero-order valence-corrected chi connectivity index (χ0v) is 17.1. The molecule has 0 radical (unpaired) electrons. The van der Waals surface area contributed by atoms with Crippen molar-refractivity contribution in [2.24, 2.45) is 0 Å². The topological polar surface area (TPSA) is 76.5 Å². The first-order chi connectivity index (χ1) is 13.8. The van der Waals surface area contributed by atoms with Crippen LogP contribution in [0.4, 0.5) is 5.69 Å². The summed E-state index contributed by atoms with van der Waals surface area (Å²) in [5, 5.41) is 7.73. The molecule has 0 bridgehead atoms. The van der Waals surface area contributed by atoms with Crippen LogP contribution in [0, 0.1) is 6.92 Å². The van der Waals surface area contributed by atoms with E-state index in [0.29, 0.717) is 27.7 Å². The zero-order valence-electron chi connectivity index (χ0n) is 16.3. The number of carbonyl (C=O) groups excluding carboxylic acids is 2. The van der Waals surface area contributed by atoms with E-state index in [9.17, 15) is 9.59 Å². The number of hydrogen-bond donors (Lipinski definition) is 1. The van der Waals surface area contributed by atoms with Crippen LogP contribution in [0.5, 0.6) is 5.75 Å². The number of nitrogens with one attached hydrogen (secondary N) is 1. The molecule has 0 saturated heterocycles. The van der Waals surface area contributed by atoms with Gasteiger partial charge >= 0.3 is 0 Å². The third kappa shape index (κ3) is 4.94. The number of likely N-dealkylation sites (N-methyl/N-ethyl adjacent to an activating group) is 1. The third-order valence-corrected chi connectivity index (χ3v) is 4.52. The first-order valence-corrected chi connectivity index (χ1v) is 9.28. The molecule has 0 saturated carbocycles. The Bertz CT molecular complexity index is 1030. The second-order valence-corrected chi connectivity index (χ2v) is 7.03. The molecule has 7 nitrogen and oxygen atoms in total. The molecule has 0 spiro atoms. The highest BCUT2D eigenvalue weighted by atomic mass is 35.5. The molecule has 1 heterocycles. The molecular formula is C21H21ClN4O3. The van der Waals surface area contributed by atoms with Crippen molar-refractivity contribution in [3.05, 3.63) is 71.0 Å². The highest BCUT2D eigenvalue weighted by Crippen LogP contribution is 2.20. The number of halogens is 1. The van der Waals surface area contributed by atoms with Gasteiger partial charge in [-0.05, 0) is 49.4 Å². The Kier molecular flexibility index (Phi) is 6.19. The molecule has 2 amide bonds. The number of aromatic nitrogens is 2. The molecular weight excluding hydrogens is 392 g/mol. The van der Waals surface area contributed by atoms with Gasteiger partial charge in [0.2, 0.25) is 0 Å². The van der Waals surface area contributed by atoms with Gasteiger partial charge in [0, 0.05) is 24.8 Å². The number of amides is 2. The van der Waals surface area contributed by atoms with Gasteiger partial charge in [-0.2, -0.15) is 5.10 Å². The van der Waals surface area contributed by atoms with Gasteiger partial charge in [0.15, 0.2) is 6.61 Å². The summed E-state index contributed by atoms with van der Waals surface area (Å²) in [7, 11) is 3.33. The molecule has 0 aliphatic heterocycles. The average Bonchev–Trinajstić information content (AvgIpc) is 3.08. The highest BCUT2D eigenvalue weighted by molar-refractivity contribution is 6.30. The van der Waals surface area contributed by atoms with E-state index in [1.807, 2.05) is 19.1 Å². The van der Waals surface area contributed by atoms with Crippen molar-refractivity contribution in [2.45, 2.75) is 6.92 Å². The van der Waals surface area contributed by atoms with Crippen LogP contribution in [-0.2, 0) is 4.79 Å². The fraction of sp³-hybridized carbons (Fsp3) is 0.190. The number of benzene rings is 2. The molecule has 29 heavy (non-hydrogen) atoms. The van der Waals surface area contributed by atoms with E-state index in [2.05, 4.69) is 10.4 Å². The number of anilines is 1. The lowest BCUT2D eigenvalue weighted by molar-refractivity contribution is -0.130. The smallest absolute Gasteiger partial charge is 0.259 e. The third-order valence-electron chi connectivity index (χ3n) is 4.28. The van der Waals surface area contributed by atoms with Gasteiger partial charge in [-0.1, -0.05) is 17.7 Å². The Balaban J connectivity index is 1.67. The molecule has 0 aliphatic rings. The standard InChI is InChI=1S/C21H21ClN4O3/c1-14-19(12-23-26(14)17-6-4-5-15(22)11-17)21(28)24-16-7-9-18(10-8-16)29-13-20(27)25(2)3/h4-12H,13H2,1-3H3,(H,24,28). The minimum absolute atomic E-state index is 0.0411. The van der Waals surface area contributed by atoms with Gasteiger partial charge in [-0.25, -0.2) is 4.68 Å². The minimum atomic E-state index is -0.271. The van der Waals surface area contributed by atoms with E-state index in [1.165, 1.54) is 11.1 Å². The van der Waals surface area contributed by atoms with Gasteiger partial charge < -0.3 is 15.0 Å². The fourth-order valence-corrected chi connectivity index (χ4v) is 2.79. The Morgan fingerprint density at radius 2 is 1.90 bits per heavy atom. The van der Waals surface area contributed by atoms with Crippen molar-refractivity contribution < 1.29 is 14.3 Å². The first-order valence-electron chi connectivity index (χ1n) is 8.90. The predicted molar refractivity (Wildman–Crippen MR) is 112 cm³/mol. The summed E-state index contributed by atoms with van der Waals surface area (Å²) in [4.78, 5) is 25.7. The molecule has 3 aromatic rings. The number of carbonyl (C=O) groups is 2. The van der Waals surface area contributed by atoms with E-state index < -0.39 is 0 Å². The summed E-state index contributed by atoms with van der Waals surface area (Å²) >= 11 is 6.04. The highest BCUT2D eigenvalue weighted by Gasteiger charge is 2.15. The summed E-state index contributed by atoms with van der Waals surface area (Å²) < 4.78 is 7.09. The molecule has 0 atom stereocenters. The number of ether oxygens (including phenoxy) is 1. The maximum atomic E-state index is 12.6. The predicted octanol–water partition coefficient (Wildman–Crippen LogP) is 3.55. The summed E-state index contributed by atoms with van der Waals surface area (Å²) in [6.45, 7) is 1.78. The van der Waals surface area contributed by atoms with Gasteiger partial charge in [-0.15, -0.1) is 0 Å². The summed E-state index contributed by atoms with van der Waals surface area (Å²) in [6, 6.07) is 14.1. The van der Waals surface area contributed by atoms with Crippen LogP contribution in [0.15, 0.2) is 54.7 Å². The van der Waals surface area contributed by atoms with Gasteiger partial charge in [0.25, 0.3) is 11.8 Å². The van der Waals surface area contributed by atoms with Crippen LogP contribution < -0.4 is 10.1 Å². The molecule has 1 N–H and O–H groups in total. The van der Waals surface area contributed by atoms with Crippen LogP contribution in [-0.4, -0.2) is 47.2 Å². The van der Waals surface area contributed by atoms with E-state index >= 15 is 0 Å². The lowest BCUT2D eigenvalue weighted by Gasteiger charge is -2.12. The first kappa shape index (κ1) is 20.4. The monoisotopic (exact) mass is 412 g/mol. The molecule has 2 aromatic carbocycles. The maximum Gasteiger partial charge on any atom is 0.259 e. The lowest BCUT2D eigenvalue weighted by atomic mass is 10.2. The molecule has 0 aliphatic carbocycles. The van der Waals surface area contributed by atoms with Crippen LogP contribution in [0.2, 0.25) is 5.02 Å². The maximum absolute atomic E-state index is 12.6. The fourth-order valence-electron chi connectivity index (χ4n) is 2.61. The van der Waals surface area contributed by atoms with Crippen LogP contribution in [0.3, 0.4) is 0 Å². The van der Waals surface area contributed by atoms with Gasteiger partial charge in [0.05, 0.1) is 23.1 Å². The number of nitrogens with zero attached hydrogens (tertiary/aromatic N) is 3. The molecule has 8 heteroatoms. The van der Waals surface area contributed by atoms with Crippen molar-refractivity contribution >= 4 is 29.1 Å². The van der Waals surface area contributed by atoms with Crippen molar-refractivity contribution in [1.82, 2.24) is 14.7 Å². The van der Waals surface area contributed by atoms with Crippen LogP contribution in [0.25, 0.3) is 5.69 Å². The Labute approximate surface area is 173 Å². The Hall–Kier alpha value is -3.32. The quantitative estimate of drug-likeness (QED) is 0.671. The average molecular weight is 413 g/mol. The van der Waals surface area contributed by atoms with Crippen molar-refractivity contribution in [2.75, 3.05) is 26.0 Å². The van der Waals surface area contributed by atoms with Crippen molar-refractivity contribution in [3.63, 3.8) is 0 Å². The second-order valence-electron chi connectivity index (χ2n) is 6.59. The zero-order chi connectivity index (χ0) is 21.0. The normalized spacial score (nSPS) is 10.5. The number of hydrogen-bond acceptors (Lipinski definition) is 4. The largest absolute Gasteiger partial charge is 0.484 e. The number of rotatable bonds is 6. The van der Waals surface area contributed by atoms with Gasteiger partial charge in [-0.3, -0.25) is 9.59 Å². The molecule has 1 aromatic heterocycles. The van der Waals surface area contributed by atoms with E-state index in [1.54, 1.807) is 55.2 Å². The molecule has 0 fully saturated rings. The van der Waals surface area contributed by atoms with Crippen LogP contribution >= 0.6 is 11.6 Å². The lowest BCUT2D eigenvalue weighted by Crippen LogP contribution is -2.27.